The molecule has 0 aromatic carbocycles. The van der Waals surface area contributed by atoms with Gasteiger partial charge in [0.05, 0.1) is 23.4 Å². The Bertz CT molecular complexity index is 488. The SMILES string of the molecule is CCOC(=O)c1c(C(F)(F)F)cnc(C(F)F)c1N. The third-order valence-electron chi connectivity index (χ3n) is 2.14. The highest BCUT2D eigenvalue weighted by molar-refractivity contribution is 5.97. The number of alkyl halides is 5. The molecule has 0 bridgehead atoms. The summed E-state index contributed by atoms with van der Waals surface area (Å²) >= 11 is 0. The fourth-order valence-electron chi connectivity index (χ4n) is 1.35. The van der Waals surface area contributed by atoms with E-state index in [1.165, 1.54) is 6.92 Å². The van der Waals surface area contributed by atoms with Crippen molar-refractivity contribution in [2.75, 3.05) is 12.3 Å². The summed E-state index contributed by atoms with van der Waals surface area (Å²) in [6.45, 7) is 1.14. The number of hydrogen-bond acceptors (Lipinski definition) is 4. The van der Waals surface area contributed by atoms with Crippen molar-refractivity contribution in [3.63, 3.8) is 0 Å². The summed E-state index contributed by atoms with van der Waals surface area (Å²) < 4.78 is 67.4. The van der Waals surface area contributed by atoms with Gasteiger partial charge in [-0.2, -0.15) is 13.2 Å². The zero-order valence-electron chi connectivity index (χ0n) is 9.59. The molecule has 1 heterocycles. The fourth-order valence-corrected chi connectivity index (χ4v) is 1.35. The number of pyridine rings is 1. The van der Waals surface area contributed by atoms with E-state index < -0.39 is 41.1 Å². The Morgan fingerprint density at radius 2 is 2.05 bits per heavy atom. The maximum Gasteiger partial charge on any atom is 0.418 e. The van der Waals surface area contributed by atoms with Crippen LogP contribution in [0.1, 0.15) is 35.0 Å². The van der Waals surface area contributed by atoms with Crippen LogP contribution in [0.25, 0.3) is 0 Å². The van der Waals surface area contributed by atoms with Gasteiger partial charge in [0.1, 0.15) is 5.69 Å². The highest BCUT2D eigenvalue weighted by atomic mass is 19.4. The van der Waals surface area contributed by atoms with E-state index in [9.17, 15) is 26.7 Å². The third-order valence-corrected chi connectivity index (χ3v) is 2.14. The summed E-state index contributed by atoms with van der Waals surface area (Å²) in [5, 5.41) is 0. The van der Waals surface area contributed by atoms with Crippen molar-refractivity contribution in [1.82, 2.24) is 4.98 Å². The normalized spacial score (nSPS) is 11.7. The van der Waals surface area contributed by atoms with Gasteiger partial charge in [-0.3, -0.25) is 4.98 Å². The first-order chi connectivity index (χ1) is 8.70. The Kier molecular flexibility index (Phi) is 4.28. The first-order valence-electron chi connectivity index (χ1n) is 5.01. The van der Waals surface area contributed by atoms with Crippen LogP contribution < -0.4 is 5.73 Å². The molecule has 4 nitrogen and oxygen atoms in total. The average Bonchev–Trinajstić information content (AvgIpc) is 2.26. The molecule has 2 N–H and O–H groups in total. The molecular formula is C10H9F5N2O2. The second kappa shape index (κ2) is 5.37. The summed E-state index contributed by atoms with van der Waals surface area (Å²) in [4.78, 5) is 14.4. The first-order valence-corrected chi connectivity index (χ1v) is 5.01. The van der Waals surface area contributed by atoms with E-state index in [0.717, 1.165) is 0 Å². The van der Waals surface area contributed by atoms with Crippen LogP contribution in [0.4, 0.5) is 27.6 Å². The van der Waals surface area contributed by atoms with Gasteiger partial charge in [-0.05, 0) is 6.92 Å². The number of esters is 1. The molecule has 0 radical (unpaired) electrons. The minimum atomic E-state index is -4.95. The molecule has 19 heavy (non-hydrogen) atoms. The summed E-state index contributed by atoms with van der Waals surface area (Å²) in [6.07, 6.45) is -8.01. The van der Waals surface area contributed by atoms with Crippen molar-refractivity contribution in [1.29, 1.82) is 0 Å². The number of nitrogens with zero attached hydrogens (tertiary/aromatic N) is 1. The number of rotatable bonds is 3. The molecule has 0 amide bonds. The quantitative estimate of drug-likeness (QED) is 0.684. The predicted molar refractivity (Wildman–Crippen MR) is 54.6 cm³/mol. The zero-order valence-corrected chi connectivity index (χ0v) is 9.59. The van der Waals surface area contributed by atoms with Crippen LogP contribution in [-0.4, -0.2) is 17.6 Å². The van der Waals surface area contributed by atoms with Crippen LogP contribution in [0.2, 0.25) is 0 Å². The molecule has 0 unspecified atom stereocenters. The van der Waals surface area contributed by atoms with Gasteiger partial charge in [-0.25, -0.2) is 13.6 Å². The third kappa shape index (κ3) is 3.09. The van der Waals surface area contributed by atoms with Gasteiger partial charge in [0.25, 0.3) is 6.43 Å². The number of carbonyl (C=O) groups is 1. The van der Waals surface area contributed by atoms with Crippen LogP contribution in [0.15, 0.2) is 6.20 Å². The number of nitrogens with two attached hydrogens (primary N) is 1. The van der Waals surface area contributed by atoms with E-state index >= 15 is 0 Å². The van der Waals surface area contributed by atoms with Gasteiger partial charge < -0.3 is 10.5 Å². The predicted octanol–water partition coefficient (Wildman–Crippen LogP) is 2.80. The van der Waals surface area contributed by atoms with Gasteiger partial charge in [0, 0.05) is 6.20 Å². The van der Waals surface area contributed by atoms with Crippen molar-refractivity contribution in [2.24, 2.45) is 0 Å². The Morgan fingerprint density at radius 1 is 1.47 bits per heavy atom. The minimum Gasteiger partial charge on any atom is -0.462 e. The van der Waals surface area contributed by atoms with Crippen LogP contribution in [-0.2, 0) is 10.9 Å². The van der Waals surface area contributed by atoms with Crippen LogP contribution in [0.5, 0.6) is 0 Å². The lowest BCUT2D eigenvalue weighted by Crippen LogP contribution is -2.19. The number of anilines is 1. The molecule has 1 aromatic heterocycles. The van der Waals surface area contributed by atoms with E-state index in [-0.39, 0.29) is 12.8 Å². The molecule has 1 rings (SSSR count). The number of ether oxygens (including phenoxy) is 1. The second-order valence-electron chi connectivity index (χ2n) is 3.36. The average molecular weight is 284 g/mol. The molecule has 106 valence electrons. The molecule has 0 atom stereocenters. The molecule has 1 aromatic rings. The maximum absolute atomic E-state index is 12.7. The van der Waals surface area contributed by atoms with Crippen molar-refractivity contribution in [3.05, 3.63) is 23.0 Å². The molecule has 0 spiro atoms. The Balaban J connectivity index is 3.51. The number of hydrogen-bond donors (Lipinski definition) is 1. The highest BCUT2D eigenvalue weighted by Crippen LogP contribution is 2.37. The summed E-state index contributed by atoms with van der Waals surface area (Å²) in [6, 6.07) is 0. The molecule has 9 heteroatoms. The number of aromatic nitrogens is 1. The summed E-state index contributed by atoms with van der Waals surface area (Å²) in [5.41, 5.74) is 0.412. The molecule has 0 saturated carbocycles. The largest absolute Gasteiger partial charge is 0.462 e. The van der Waals surface area contributed by atoms with Crippen LogP contribution in [0.3, 0.4) is 0 Å². The first kappa shape index (κ1) is 15.1. The summed E-state index contributed by atoms with van der Waals surface area (Å²) in [7, 11) is 0. The van der Waals surface area contributed by atoms with Gasteiger partial charge in [-0.15, -0.1) is 0 Å². The van der Waals surface area contributed by atoms with E-state index in [2.05, 4.69) is 9.72 Å². The number of halogens is 5. The number of nitrogen functional groups attached to an aromatic ring is 1. The van der Waals surface area contributed by atoms with Crippen LogP contribution in [0, 0.1) is 0 Å². The van der Waals surface area contributed by atoms with Gasteiger partial charge in [0.15, 0.2) is 0 Å². The van der Waals surface area contributed by atoms with Gasteiger partial charge >= 0.3 is 12.1 Å². The lowest BCUT2D eigenvalue weighted by molar-refractivity contribution is -0.138. The fraction of sp³-hybridized carbons (Fsp3) is 0.400. The highest BCUT2D eigenvalue weighted by Gasteiger charge is 2.39. The molecule has 0 aliphatic carbocycles. The van der Waals surface area contributed by atoms with Gasteiger partial charge in [-0.1, -0.05) is 0 Å². The second-order valence-corrected chi connectivity index (χ2v) is 3.36. The molecule has 0 aliphatic rings. The number of carbonyl (C=O) groups excluding carboxylic acids is 1. The van der Waals surface area contributed by atoms with Crippen LogP contribution >= 0.6 is 0 Å². The van der Waals surface area contributed by atoms with E-state index in [1.807, 2.05) is 0 Å². The molecule has 0 fully saturated rings. The lowest BCUT2D eigenvalue weighted by Gasteiger charge is -2.15. The minimum absolute atomic E-state index is 0.143. The lowest BCUT2D eigenvalue weighted by atomic mass is 10.1. The zero-order chi connectivity index (χ0) is 14.8. The summed E-state index contributed by atoms with van der Waals surface area (Å²) in [5.74, 6) is -1.42. The Hall–Kier alpha value is -1.93. The molecule has 0 aliphatic heterocycles. The van der Waals surface area contributed by atoms with E-state index in [0.29, 0.717) is 0 Å². The topological polar surface area (TPSA) is 65.2 Å². The Labute approximate surface area is 104 Å². The van der Waals surface area contributed by atoms with Gasteiger partial charge in [0.2, 0.25) is 0 Å². The van der Waals surface area contributed by atoms with Crippen molar-refractivity contribution in [2.45, 2.75) is 19.5 Å². The monoisotopic (exact) mass is 284 g/mol. The molecule has 0 saturated heterocycles. The Morgan fingerprint density at radius 3 is 2.47 bits per heavy atom. The van der Waals surface area contributed by atoms with Crippen molar-refractivity contribution < 1.29 is 31.5 Å². The van der Waals surface area contributed by atoms with Crippen molar-refractivity contribution in [3.8, 4) is 0 Å². The standard InChI is InChI=1S/C10H9F5N2O2/c1-2-19-9(18)5-4(10(13,14)15)3-17-7(6(5)16)8(11)12/h3,8H,2,16H2,1H3. The maximum atomic E-state index is 12.7. The smallest absolute Gasteiger partial charge is 0.418 e. The van der Waals surface area contributed by atoms with E-state index in [4.69, 9.17) is 5.73 Å². The van der Waals surface area contributed by atoms with Crippen molar-refractivity contribution >= 4 is 11.7 Å². The molecular weight excluding hydrogens is 275 g/mol. The van der Waals surface area contributed by atoms with E-state index in [1.54, 1.807) is 0 Å².